The molecule has 0 spiro atoms. The zero-order chi connectivity index (χ0) is 20.3. The third-order valence-electron chi connectivity index (χ3n) is 4.93. The van der Waals surface area contributed by atoms with Gasteiger partial charge in [-0.05, 0) is 40.6 Å². The molecule has 1 heterocycles. The number of fused-ring (bicyclic) bond motifs is 1. The minimum atomic E-state index is -1.48. The fourth-order valence-electron chi connectivity index (χ4n) is 3.28. The van der Waals surface area contributed by atoms with Crippen molar-refractivity contribution in [2.24, 2.45) is 0 Å². The molecule has 2 aromatic carbocycles. The Morgan fingerprint density at radius 2 is 1.71 bits per heavy atom. The van der Waals surface area contributed by atoms with Gasteiger partial charge in [-0.2, -0.15) is 0 Å². The minimum absolute atomic E-state index is 0.178. The maximum atomic E-state index is 12.3. The van der Waals surface area contributed by atoms with Crippen LogP contribution in [0.2, 0.25) is 0 Å². The number of aliphatic hydroxyl groups is 4. The Labute approximate surface area is 162 Å². The van der Waals surface area contributed by atoms with Gasteiger partial charge < -0.3 is 29.9 Å². The van der Waals surface area contributed by atoms with E-state index in [1.165, 1.54) is 6.08 Å². The van der Waals surface area contributed by atoms with Crippen molar-refractivity contribution in [3.05, 3.63) is 48.0 Å². The molecule has 5 atom stereocenters. The van der Waals surface area contributed by atoms with E-state index >= 15 is 0 Å². The summed E-state index contributed by atoms with van der Waals surface area (Å²) in [6.45, 7) is -0.520. The molecule has 1 fully saturated rings. The maximum absolute atomic E-state index is 12.3. The highest BCUT2D eigenvalue weighted by atomic mass is 16.5. The van der Waals surface area contributed by atoms with Gasteiger partial charge in [0.25, 0.3) is 0 Å². The lowest BCUT2D eigenvalue weighted by molar-refractivity contribution is -0.229. The molecule has 1 aliphatic heterocycles. The highest BCUT2D eigenvalue weighted by Crippen LogP contribution is 2.24. The summed E-state index contributed by atoms with van der Waals surface area (Å²) in [5.74, 6) is 0.463. The number of carbonyl (C=O) groups excluding carboxylic acids is 1. The molecule has 2 aromatic rings. The number of benzene rings is 2. The number of ketones is 1. The smallest absolute Gasteiger partial charge is 0.158 e. The van der Waals surface area contributed by atoms with Crippen LogP contribution in [0.4, 0.5) is 0 Å². The first-order chi connectivity index (χ1) is 13.4. The van der Waals surface area contributed by atoms with Crippen molar-refractivity contribution in [2.45, 2.75) is 36.9 Å². The minimum Gasteiger partial charge on any atom is -0.497 e. The molecule has 28 heavy (non-hydrogen) atoms. The van der Waals surface area contributed by atoms with Gasteiger partial charge in [0.1, 0.15) is 30.2 Å². The molecule has 1 aliphatic rings. The number of hydrogen-bond donors (Lipinski definition) is 4. The molecule has 0 aliphatic carbocycles. The van der Waals surface area contributed by atoms with E-state index < -0.39 is 37.1 Å². The number of allylic oxidation sites excluding steroid dienone is 1. The summed E-state index contributed by atoms with van der Waals surface area (Å²) in [6.07, 6.45) is -3.48. The molecule has 0 aromatic heterocycles. The average molecular weight is 388 g/mol. The van der Waals surface area contributed by atoms with Crippen LogP contribution in [0, 0.1) is 0 Å². The Bertz CT molecular complexity index is 861. The normalized spacial score (nSPS) is 28.0. The van der Waals surface area contributed by atoms with E-state index in [-0.39, 0.29) is 12.2 Å². The largest absolute Gasteiger partial charge is 0.497 e. The van der Waals surface area contributed by atoms with Gasteiger partial charge in [-0.25, -0.2) is 0 Å². The van der Waals surface area contributed by atoms with Crippen LogP contribution in [0.3, 0.4) is 0 Å². The van der Waals surface area contributed by atoms with Crippen LogP contribution >= 0.6 is 0 Å². The standard InChI is InChI=1S/C21H24O7/c1-27-16-7-5-13-8-12(2-4-14(13)9-16)3-6-15(23)10-17-19(24)21(26)20(25)18(11-22)28-17/h2-9,17-22,24-26H,10-11H2,1H3/b6-3+/t17-,18+,19-,20+,21+/m0/s1. The molecule has 4 N–H and O–H groups in total. The number of carbonyl (C=O) groups is 1. The van der Waals surface area contributed by atoms with Gasteiger partial charge in [0.2, 0.25) is 0 Å². The van der Waals surface area contributed by atoms with E-state index in [1.54, 1.807) is 13.2 Å². The zero-order valence-corrected chi connectivity index (χ0v) is 15.4. The molecule has 150 valence electrons. The van der Waals surface area contributed by atoms with Crippen molar-refractivity contribution in [3.63, 3.8) is 0 Å². The van der Waals surface area contributed by atoms with Crippen LogP contribution in [0.1, 0.15) is 12.0 Å². The Hall–Kier alpha value is -2.29. The topological polar surface area (TPSA) is 116 Å². The predicted molar refractivity (Wildman–Crippen MR) is 103 cm³/mol. The van der Waals surface area contributed by atoms with Gasteiger partial charge >= 0.3 is 0 Å². The number of aliphatic hydroxyl groups excluding tert-OH is 4. The molecule has 3 rings (SSSR count). The predicted octanol–water partition coefficient (Wildman–Crippen LogP) is 0.663. The van der Waals surface area contributed by atoms with Crippen molar-refractivity contribution < 1.29 is 34.7 Å². The molecule has 0 bridgehead atoms. The molecule has 7 nitrogen and oxygen atoms in total. The lowest BCUT2D eigenvalue weighted by Crippen LogP contribution is -2.58. The molecule has 0 saturated carbocycles. The second-order valence-electron chi connectivity index (χ2n) is 6.84. The van der Waals surface area contributed by atoms with Crippen molar-refractivity contribution in [3.8, 4) is 5.75 Å². The Kier molecular flexibility index (Phi) is 6.43. The number of rotatable bonds is 6. The summed E-state index contributed by atoms with van der Waals surface area (Å²) in [7, 11) is 1.61. The lowest BCUT2D eigenvalue weighted by Gasteiger charge is -2.39. The highest BCUT2D eigenvalue weighted by molar-refractivity contribution is 5.95. The van der Waals surface area contributed by atoms with Crippen LogP contribution in [0.25, 0.3) is 16.8 Å². The van der Waals surface area contributed by atoms with Crippen molar-refractivity contribution in [1.29, 1.82) is 0 Å². The van der Waals surface area contributed by atoms with Gasteiger partial charge in [0.05, 0.1) is 19.8 Å². The number of hydrogen-bond acceptors (Lipinski definition) is 7. The monoisotopic (exact) mass is 388 g/mol. The SMILES string of the molecule is COc1ccc2cc(/C=C/C(=O)C[C@@H]3O[C@H](CO)[C@@H](O)[C@H](O)[C@H]3O)ccc2c1. The van der Waals surface area contributed by atoms with E-state index in [0.717, 1.165) is 22.1 Å². The molecular weight excluding hydrogens is 364 g/mol. The first-order valence-corrected chi connectivity index (χ1v) is 9.02. The van der Waals surface area contributed by atoms with Crippen LogP contribution < -0.4 is 4.74 Å². The van der Waals surface area contributed by atoms with Crippen LogP contribution in [-0.4, -0.2) is 70.4 Å². The highest BCUT2D eigenvalue weighted by Gasteiger charge is 2.43. The third-order valence-corrected chi connectivity index (χ3v) is 4.93. The first kappa shape index (κ1) is 20.4. The molecule has 7 heteroatoms. The van der Waals surface area contributed by atoms with E-state index in [4.69, 9.17) is 9.47 Å². The fourth-order valence-corrected chi connectivity index (χ4v) is 3.28. The first-order valence-electron chi connectivity index (χ1n) is 9.02. The lowest BCUT2D eigenvalue weighted by atomic mass is 9.92. The van der Waals surface area contributed by atoms with E-state index in [9.17, 15) is 25.2 Å². The van der Waals surface area contributed by atoms with Gasteiger partial charge in [-0.15, -0.1) is 0 Å². The van der Waals surface area contributed by atoms with Crippen LogP contribution in [0.15, 0.2) is 42.5 Å². The van der Waals surface area contributed by atoms with Crippen molar-refractivity contribution in [2.75, 3.05) is 13.7 Å². The Morgan fingerprint density at radius 1 is 1.04 bits per heavy atom. The fraction of sp³-hybridized carbons (Fsp3) is 0.381. The number of methoxy groups -OCH3 is 1. The maximum Gasteiger partial charge on any atom is 0.158 e. The Balaban J connectivity index is 1.67. The van der Waals surface area contributed by atoms with Crippen LogP contribution in [0.5, 0.6) is 5.75 Å². The summed E-state index contributed by atoms with van der Waals surface area (Å²) >= 11 is 0. The summed E-state index contributed by atoms with van der Waals surface area (Å²) in [4.78, 5) is 12.3. The van der Waals surface area contributed by atoms with Crippen molar-refractivity contribution >= 4 is 22.6 Å². The van der Waals surface area contributed by atoms with Gasteiger partial charge in [0.15, 0.2) is 5.78 Å². The van der Waals surface area contributed by atoms with Crippen LogP contribution in [-0.2, 0) is 9.53 Å². The quantitative estimate of drug-likeness (QED) is 0.537. The molecule has 0 amide bonds. The van der Waals surface area contributed by atoms with Crippen molar-refractivity contribution in [1.82, 2.24) is 0 Å². The summed E-state index contributed by atoms with van der Waals surface area (Å²) in [5, 5.41) is 40.8. The molecular formula is C21H24O7. The molecule has 0 radical (unpaired) electrons. The summed E-state index contributed by atoms with van der Waals surface area (Å²) < 4.78 is 10.6. The number of ether oxygens (including phenoxy) is 2. The van der Waals surface area contributed by atoms with Gasteiger partial charge in [0, 0.05) is 6.42 Å². The third kappa shape index (κ3) is 4.40. The average Bonchev–Trinajstić information content (AvgIpc) is 2.72. The summed E-state index contributed by atoms with van der Waals surface area (Å²) in [6, 6.07) is 11.5. The second-order valence-corrected chi connectivity index (χ2v) is 6.84. The zero-order valence-electron chi connectivity index (χ0n) is 15.4. The Morgan fingerprint density at radius 3 is 2.43 bits per heavy atom. The van der Waals surface area contributed by atoms with Gasteiger partial charge in [-0.1, -0.05) is 24.3 Å². The van der Waals surface area contributed by atoms with E-state index in [2.05, 4.69) is 0 Å². The second kappa shape index (κ2) is 8.81. The molecule has 1 saturated heterocycles. The summed E-state index contributed by atoms with van der Waals surface area (Å²) in [5.41, 5.74) is 0.833. The van der Waals surface area contributed by atoms with E-state index in [1.807, 2.05) is 36.4 Å². The van der Waals surface area contributed by atoms with Gasteiger partial charge in [-0.3, -0.25) is 4.79 Å². The molecule has 0 unspecified atom stereocenters. The van der Waals surface area contributed by atoms with E-state index in [0.29, 0.717) is 0 Å².